The molecule has 0 spiro atoms. The number of carbonyl (C=O) groups is 2. The molecule has 1 atom stereocenters. The summed E-state index contributed by atoms with van der Waals surface area (Å²) in [5.41, 5.74) is 0.555. The molecule has 1 aromatic carbocycles. The minimum absolute atomic E-state index is 0.0252. The summed E-state index contributed by atoms with van der Waals surface area (Å²) in [4.78, 5) is 22.9. The number of hydrogen-bond acceptors (Lipinski definition) is 5. The second-order valence-electron chi connectivity index (χ2n) is 5.40. The van der Waals surface area contributed by atoms with Crippen molar-refractivity contribution in [2.75, 3.05) is 13.2 Å². The summed E-state index contributed by atoms with van der Waals surface area (Å²) in [5, 5.41) is 20.8. The first-order valence-corrected chi connectivity index (χ1v) is 9.13. The molecule has 26 heavy (non-hydrogen) atoms. The van der Waals surface area contributed by atoms with Gasteiger partial charge in [-0.05, 0) is 66.6 Å². The normalized spacial score (nSPS) is 12.0. The third kappa shape index (κ3) is 6.55. The fourth-order valence-corrected chi connectivity index (χ4v) is 2.71. The zero-order valence-electron chi connectivity index (χ0n) is 14.8. The highest BCUT2D eigenvalue weighted by molar-refractivity contribution is 14.1. The largest absolute Gasteiger partial charge is 0.490 e. The fourth-order valence-electron chi connectivity index (χ4n) is 1.93. The molecular formula is C18H21IN2O5. The average Bonchev–Trinajstić information content (AvgIpc) is 2.58. The molecule has 1 aromatic rings. The van der Waals surface area contributed by atoms with Gasteiger partial charge in [-0.3, -0.25) is 4.79 Å². The summed E-state index contributed by atoms with van der Waals surface area (Å²) in [6, 6.07) is 5.16. The molecule has 140 valence electrons. The quantitative estimate of drug-likeness (QED) is 0.325. The second kappa shape index (κ2) is 10.7. The van der Waals surface area contributed by atoms with Crippen molar-refractivity contribution in [1.29, 1.82) is 5.26 Å². The third-order valence-electron chi connectivity index (χ3n) is 3.34. The smallest absolute Gasteiger partial charge is 0.341 e. The summed E-state index contributed by atoms with van der Waals surface area (Å²) in [6.07, 6.45) is 2.22. The molecule has 1 amide bonds. The maximum absolute atomic E-state index is 12.2. The predicted molar refractivity (Wildman–Crippen MR) is 105 cm³/mol. The minimum atomic E-state index is -1.10. The van der Waals surface area contributed by atoms with Crippen molar-refractivity contribution in [3.05, 3.63) is 26.8 Å². The molecule has 0 aliphatic heterocycles. The molecule has 2 N–H and O–H groups in total. The van der Waals surface area contributed by atoms with Crippen molar-refractivity contribution in [3.63, 3.8) is 0 Å². The molecule has 0 aliphatic rings. The van der Waals surface area contributed by atoms with Gasteiger partial charge in [-0.1, -0.05) is 6.92 Å². The van der Waals surface area contributed by atoms with E-state index in [1.165, 1.54) is 6.08 Å². The molecule has 0 heterocycles. The molecule has 0 saturated carbocycles. The summed E-state index contributed by atoms with van der Waals surface area (Å²) in [7, 11) is 0. The number of rotatable bonds is 9. The van der Waals surface area contributed by atoms with Crippen LogP contribution in [-0.2, 0) is 9.59 Å². The van der Waals surface area contributed by atoms with Gasteiger partial charge in [0.25, 0.3) is 5.91 Å². The Labute approximate surface area is 166 Å². The predicted octanol–water partition coefficient (Wildman–Crippen LogP) is 2.97. The van der Waals surface area contributed by atoms with Crippen LogP contribution >= 0.6 is 22.6 Å². The van der Waals surface area contributed by atoms with Crippen LogP contribution in [-0.4, -0.2) is 36.2 Å². The highest BCUT2D eigenvalue weighted by Crippen LogP contribution is 2.35. The second-order valence-corrected chi connectivity index (χ2v) is 6.56. The van der Waals surface area contributed by atoms with Gasteiger partial charge in [-0.2, -0.15) is 5.26 Å². The Balaban J connectivity index is 3.21. The lowest BCUT2D eigenvalue weighted by molar-refractivity contribution is -0.139. The van der Waals surface area contributed by atoms with Crippen LogP contribution in [0.3, 0.4) is 0 Å². The topological polar surface area (TPSA) is 109 Å². The molecule has 1 rings (SSSR count). The van der Waals surface area contributed by atoms with Gasteiger partial charge in [0.15, 0.2) is 18.1 Å². The van der Waals surface area contributed by atoms with Crippen molar-refractivity contribution < 1.29 is 24.2 Å². The van der Waals surface area contributed by atoms with Gasteiger partial charge in [0.1, 0.15) is 11.6 Å². The molecule has 0 unspecified atom stereocenters. The van der Waals surface area contributed by atoms with Crippen molar-refractivity contribution in [2.24, 2.45) is 0 Å². The number of hydrogen-bond donors (Lipinski definition) is 2. The van der Waals surface area contributed by atoms with E-state index < -0.39 is 18.5 Å². The van der Waals surface area contributed by atoms with Crippen LogP contribution in [0.4, 0.5) is 0 Å². The molecule has 0 aliphatic carbocycles. The zero-order valence-corrected chi connectivity index (χ0v) is 17.0. The van der Waals surface area contributed by atoms with E-state index in [0.29, 0.717) is 27.2 Å². The third-order valence-corrected chi connectivity index (χ3v) is 4.14. The van der Waals surface area contributed by atoms with E-state index >= 15 is 0 Å². The van der Waals surface area contributed by atoms with Gasteiger partial charge in [0.2, 0.25) is 0 Å². The Morgan fingerprint density at radius 1 is 1.38 bits per heavy atom. The van der Waals surface area contributed by atoms with Crippen LogP contribution in [0.15, 0.2) is 17.7 Å². The number of aliphatic carboxylic acids is 1. The lowest BCUT2D eigenvalue weighted by Crippen LogP contribution is -2.32. The summed E-state index contributed by atoms with van der Waals surface area (Å²) < 4.78 is 11.4. The number of amides is 1. The van der Waals surface area contributed by atoms with Crippen LogP contribution < -0.4 is 14.8 Å². The number of carboxylic acids is 1. The van der Waals surface area contributed by atoms with Crippen LogP contribution in [0, 0.1) is 14.9 Å². The van der Waals surface area contributed by atoms with E-state index in [0.717, 1.165) is 6.42 Å². The lowest BCUT2D eigenvalue weighted by Gasteiger charge is -2.14. The first-order valence-electron chi connectivity index (χ1n) is 8.05. The lowest BCUT2D eigenvalue weighted by atomic mass is 10.1. The monoisotopic (exact) mass is 472 g/mol. The van der Waals surface area contributed by atoms with Crippen LogP contribution in [0.5, 0.6) is 11.5 Å². The number of carbonyl (C=O) groups excluding carboxylic acids is 1. The van der Waals surface area contributed by atoms with Crippen LogP contribution in [0.1, 0.15) is 32.8 Å². The number of nitrogens with zero attached hydrogens (tertiary/aromatic N) is 1. The molecular weight excluding hydrogens is 451 g/mol. The molecule has 0 fully saturated rings. The summed E-state index contributed by atoms with van der Waals surface area (Å²) in [6.45, 7) is 5.44. The first kappa shape index (κ1) is 21.8. The summed E-state index contributed by atoms with van der Waals surface area (Å²) >= 11 is 1.99. The Morgan fingerprint density at radius 3 is 2.62 bits per heavy atom. The van der Waals surface area contributed by atoms with Gasteiger partial charge in [0.05, 0.1) is 10.2 Å². The highest BCUT2D eigenvalue weighted by Gasteiger charge is 2.15. The van der Waals surface area contributed by atoms with E-state index in [4.69, 9.17) is 14.6 Å². The Kier molecular flexibility index (Phi) is 8.92. The molecule has 0 aromatic heterocycles. The number of halogens is 1. The number of carboxylic acid groups (broad SMARTS) is 1. The van der Waals surface area contributed by atoms with Gasteiger partial charge in [-0.25, -0.2) is 4.79 Å². The Morgan fingerprint density at radius 2 is 2.08 bits per heavy atom. The van der Waals surface area contributed by atoms with Crippen molar-refractivity contribution in [3.8, 4) is 17.6 Å². The van der Waals surface area contributed by atoms with Gasteiger partial charge in [0, 0.05) is 6.04 Å². The van der Waals surface area contributed by atoms with E-state index in [1.807, 2.05) is 42.5 Å². The summed E-state index contributed by atoms with van der Waals surface area (Å²) in [5.74, 6) is -0.872. The van der Waals surface area contributed by atoms with E-state index in [2.05, 4.69) is 5.32 Å². The number of nitrogens with one attached hydrogen (secondary N) is 1. The van der Waals surface area contributed by atoms with E-state index in [1.54, 1.807) is 19.1 Å². The van der Waals surface area contributed by atoms with Gasteiger partial charge < -0.3 is 19.9 Å². The first-order chi connectivity index (χ1) is 12.3. The van der Waals surface area contributed by atoms with Gasteiger partial charge >= 0.3 is 5.97 Å². The molecule has 8 heteroatoms. The van der Waals surface area contributed by atoms with Crippen molar-refractivity contribution >= 4 is 40.5 Å². The highest BCUT2D eigenvalue weighted by atomic mass is 127. The number of ether oxygens (including phenoxy) is 2. The van der Waals surface area contributed by atoms with Gasteiger partial charge in [-0.15, -0.1) is 0 Å². The van der Waals surface area contributed by atoms with E-state index in [9.17, 15) is 14.9 Å². The van der Waals surface area contributed by atoms with E-state index in [-0.39, 0.29) is 11.6 Å². The Bertz CT molecular complexity index is 740. The molecule has 0 radical (unpaired) electrons. The zero-order chi connectivity index (χ0) is 19.7. The maximum atomic E-state index is 12.2. The SMILES string of the molecule is CCOc1cc(/C=C(\C#N)C(=O)N[C@@H](C)CC)cc(I)c1OCC(=O)O. The van der Waals surface area contributed by atoms with Crippen molar-refractivity contribution in [1.82, 2.24) is 5.32 Å². The standard InChI is InChI=1S/C18H21IN2O5/c1-4-11(3)21-18(24)13(9-20)6-12-7-14(19)17(26-10-16(22)23)15(8-12)25-5-2/h6-8,11H,4-5,10H2,1-3H3,(H,21,24)(H,22,23)/b13-6+/t11-/m0/s1. The minimum Gasteiger partial charge on any atom is -0.490 e. The molecule has 0 bridgehead atoms. The number of benzene rings is 1. The Hall–Kier alpha value is -2.28. The van der Waals surface area contributed by atoms with Crippen LogP contribution in [0.2, 0.25) is 0 Å². The van der Waals surface area contributed by atoms with Crippen molar-refractivity contribution in [2.45, 2.75) is 33.2 Å². The average molecular weight is 472 g/mol. The fraction of sp³-hybridized carbons (Fsp3) is 0.389. The van der Waals surface area contributed by atoms with Crippen LogP contribution in [0.25, 0.3) is 6.08 Å². The molecule has 0 saturated heterocycles. The number of nitriles is 1. The molecule has 7 nitrogen and oxygen atoms in total. The maximum Gasteiger partial charge on any atom is 0.341 e.